The third-order valence-electron chi connectivity index (χ3n) is 13.0. The van der Waals surface area contributed by atoms with E-state index in [9.17, 15) is 51.3 Å². The van der Waals surface area contributed by atoms with Crippen LogP contribution in [0, 0.1) is 18.6 Å². The summed E-state index contributed by atoms with van der Waals surface area (Å²) < 4.78 is 63.5. The standard InChI is InChI=1S/C34H24N2O5.C18H10F2O3.C14H10N2O2.B2F2/c1-21-7-9-23(10-8-21)32(37)29-19-20-30(41-29)33(38)24-11-15-25(16-12-24)36-34(39)28-6-4-3-5-27(28)31(35-36)22-13-17-26(40-2)18-14-22;19-13-5-1-11(2-6-13)17(21)15-9-10-16(23-15)18(22)12-3-7-14(20)8-4-12;17-10-7-5-9(6-8-10)13-11-3-1-2-4-12(11)14(18)16-15-13;1-2(3)4/h3-20H,1-2H3;1-10H;1-8,17H,(H,16,18);. The van der Waals surface area contributed by atoms with E-state index in [1.807, 2.05) is 79.7 Å². The molecular formula is C66H44B2F4N4O10. The number of carbonyl (C=O) groups is 4. The van der Waals surface area contributed by atoms with Gasteiger partial charge in [0.25, 0.3) is 11.1 Å². The molecule has 0 aliphatic carbocycles. The molecule has 0 saturated carbocycles. The lowest BCUT2D eigenvalue weighted by atomic mass is 9.70. The smallest absolute Gasteiger partial charge is 0.474 e. The summed E-state index contributed by atoms with van der Waals surface area (Å²) in [6, 6.07) is 58.3. The lowest BCUT2D eigenvalue weighted by molar-refractivity contribution is 0.0972. The number of aromatic nitrogens is 4. The number of methoxy groups -OCH3 is 1. The first kappa shape index (κ1) is 59.4. The Kier molecular flexibility index (Phi) is 18.5. The number of halogens is 4. The molecular weight excluding hydrogens is 1110 g/mol. The molecule has 0 aliphatic rings. The zero-order valence-corrected chi connectivity index (χ0v) is 45.4. The Morgan fingerprint density at radius 2 is 0.884 bits per heavy atom. The zero-order valence-electron chi connectivity index (χ0n) is 45.4. The molecule has 0 aliphatic heterocycles. The number of benzene rings is 8. The molecule has 12 aromatic rings. The van der Waals surface area contributed by atoms with E-state index in [2.05, 4.69) is 17.9 Å². The van der Waals surface area contributed by atoms with Crippen LogP contribution in [0.15, 0.2) is 237 Å². The van der Waals surface area contributed by atoms with Crippen LogP contribution in [0.3, 0.4) is 0 Å². The van der Waals surface area contributed by atoms with Gasteiger partial charge in [0.05, 0.1) is 35.0 Å². The summed E-state index contributed by atoms with van der Waals surface area (Å²) in [6.07, 6.45) is 0. The number of aromatic hydroxyl groups is 1. The fourth-order valence-corrected chi connectivity index (χ4v) is 8.68. The minimum atomic E-state index is -2.67. The molecule has 12 rings (SSSR count). The predicted molar refractivity (Wildman–Crippen MR) is 318 cm³/mol. The van der Waals surface area contributed by atoms with E-state index >= 15 is 0 Å². The highest BCUT2D eigenvalue weighted by molar-refractivity contribution is 6.94. The number of carbonyl (C=O) groups excluding carboxylic acids is 4. The number of nitrogens with one attached hydrogen (secondary N) is 1. The van der Waals surface area contributed by atoms with Crippen LogP contribution in [-0.2, 0) is 0 Å². The minimum Gasteiger partial charge on any atom is -0.508 e. The van der Waals surface area contributed by atoms with Gasteiger partial charge in [-0.15, -0.1) is 0 Å². The first-order valence-corrected chi connectivity index (χ1v) is 26.0. The topological polar surface area (TPSA) is 205 Å². The van der Waals surface area contributed by atoms with Crippen molar-refractivity contribution >= 4 is 59.6 Å². The lowest BCUT2D eigenvalue weighted by Gasteiger charge is -2.12. The first-order chi connectivity index (χ1) is 41.5. The van der Waals surface area contributed by atoms with E-state index in [1.54, 1.807) is 79.9 Å². The summed E-state index contributed by atoms with van der Waals surface area (Å²) in [6.45, 7) is 1.94. The Bertz CT molecular complexity index is 4460. The van der Waals surface area contributed by atoms with E-state index in [0.717, 1.165) is 33.2 Å². The molecule has 20 heteroatoms. The van der Waals surface area contributed by atoms with Gasteiger partial charge in [-0.2, -0.15) is 14.9 Å². The number of hydrogen-bond donors (Lipinski definition) is 2. The van der Waals surface area contributed by atoms with Crippen molar-refractivity contribution in [3.8, 4) is 39.7 Å². The maximum atomic E-state index is 13.4. The average Bonchev–Trinajstić information content (AvgIpc) is 2.81. The molecule has 2 radical (unpaired) electrons. The molecule has 0 atom stereocenters. The maximum absolute atomic E-state index is 13.4. The quantitative estimate of drug-likeness (QED) is 0.0666. The van der Waals surface area contributed by atoms with Crippen LogP contribution < -0.4 is 15.9 Å². The maximum Gasteiger partial charge on any atom is 0.474 e. The zero-order chi connectivity index (χ0) is 61.0. The number of aromatic amines is 1. The van der Waals surface area contributed by atoms with Gasteiger partial charge in [0, 0.05) is 44.2 Å². The SMILES string of the molecule is COc1ccc(-c2nn(-c3ccc(C(=O)c4ccc(C(=O)c5ccc(C)cc5)o4)cc3)c(=O)c3ccccc23)cc1.O=C(c1ccc(F)cc1)c1ccc(C(=O)c2ccc(F)cc2)o1.O=c1[nH]nc(-c2ccc(O)cc2)c2ccccc12.[B]B(F)F. The summed E-state index contributed by atoms with van der Waals surface area (Å²) >= 11 is 0. The number of rotatable bonds is 12. The fourth-order valence-electron chi connectivity index (χ4n) is 8.68. The van der Waals surface area contributed by atoms with E-state index in [1.165, 1.54) is 77.5 Å². The molecule has 14 nitrogen and oxygen atoms in total. The second-order valence-corrected chi connectivity index (χ2v) is 18.7. The number of furan rings is 2. The molecule has 4 aromatic heterocycles. The second-order valence-electron chi connectivity index (χ2n) is 18.7. The Labute approximate surface area is 488 Å². The number of ether oxygens (including phenoxy) is 1. The van der Waals surface area contributed by atoms with Crippen molar-refractivity contribution in [1.29, 1.82) is 0 Å². The average molecular weight is 1150 g/mol. The number of nitrogens with zero attached hydrogens (tertiary/aromatic N) is 3. The lowest BCUT2D eigenvalue weighted by Crippen LogP contribution is -2.22. The van der Waals surface area contributed by atoms with E-state index < -0.39 is 30.4 Å². The molecule has 0 amide bonds. The van der Waals surface area contributed by atoms with Crippen LogP contribution >= 0.6 is 0 Å². The normalized spacial score (nSPS) is 10.6. The van der Waals surface area contributed by atoms with Crippen LogP contribution in [0.25, 0.3) is 49.7 Å². The van der Waals surface area contributed by atoms with Crippen LogP contribution in [0.1, 0.15) is 70.0 Å². The molecule has 0 spiro atoms. The van der Waals surface area contributed by atoms with E-state index in [4.69, 9.17) is 18.7 Å². The summed E-state index contributed by atoms with van der Waals surface area (Å²) in [7, 11) is 2.72. The largest absolute Gasteiger partial charge is 0.508 e. The van der Waals surface area contributed by atoms with Gasteiger partial charge in [-0.25, -0.2) is 13.9 Å². The van der Waals surface area contributed by atoms with Crippen molar-refractivity contribution < 1.29 is 55.3 Å². The highest BCUT2D eigenvalue weighted by atomic mass is 19.2. The fraction of sp³-hybridized carbons (Fsp3) is 0.0303. The van der Waals surface area contributed by atoms with Crippen LogP contribution in [0.2, 0.25) is 0 Å². The monoisotopic (exact) mass is 1150 g/mol. The van der Waals surface area contributed by atoms with Crippen molar-refractivity contribution in [2.45, 2.75) is 6.92 Å². The summed E-state index contributed by atoms with van der Waals surface area (Å²) in [4.78, 5) is 75.4. The highest BCUT2D eigenvalue weighted by Crippen LogP contribution is 2.29. The Balaban J connectivity index is 0.000000164. The van der Waals surface area contributed by atoms with Gasteiger partial charge in [0.1, 0.15) is 30.9 Å². The van der Waals surface area contributed by atoms with Gasteiger partial charge >= 0.3 is 7.16 Å². The molecule has 0 bridgehead atoms. The van der Waals surface area contributed by atoms with Crippen LogP contribution in [0.5, 0.6) is 11.5 Å². The van der Waals surface area contributed by atoms with Gasteiger partial charge in [0.2, 0.25) is 23.1 Å². The Hall–Kier alpha value is -11.3. The second kappa shape index (κ2) is 26.8. The van der Waals surface area contributed by atoms with Gasteiger partial charge in [-0.1, -0.05) is 66.2 Å². The number of hydrogen-bond acceptors (Lipinski definition) is 12. The molecule has 0 fully saturated rings. The summed E-state index contributed by atoms with van der Waals surface area (Å²) in [5, 5.41) is 23.2. The minimum absolute atomic E-state index is 0.0259. The van der Waals surface area contributed by atoms with Gasteiger partial charge < -0.3 is 18.7 Å². The van der Waals surface area contributed by atoms with Gasteiger partial charge in [-0.3, -0.25) is 37.4 Å². The number of H-pyrrole nitrogens is 1. The van der Waals surface area contributed by atoms with Gasteiger partial charge in [-0.05, 0) is 165 Å². The number of aryl methyl sites for hydroxylation is 1. The summed E-state index contributed by atoms with van der Waals surface area (Å²) in [5.41, 5.74) is 5.42. The summed E-state index contributed by atoms with van der Waals surface area (Å²) in [5.74, 6) is -1.48. The van der Waals surface area contributed by atoms with Crippen molar-refractivity contribution in [3.05, 3.63) is 302 Å². The third-order valence-corrected chi connectivity index (χ3v) is 13.0. The van der Waals surface area contributed by atoms with Crippen molar-refractivity contribution in [2.75, 3.05) is 7.11 Å². The number of fused-ring (bicyclic) bond motifs is 2. The number of ketones is 4. The predicted octanol–water partition coefficient (Wildman–Crippen LogP) is 12.8. The molecule has 0 saturated heterocycles. The van der Waals surface area contributed by atoms with E-state index in [-0.39, 0.29) is 62.6 Å². The van der Waals surface area contributed by atoms with Gasteiger partial charge in [0.15, 0.2) is 23.0 Å². The molecule has 86 heavy (non-hydrogen) atoms. The molecule has 8 aromatic carbocycles. The Morgan fingerprint density at radius 1 is 0.512 bits per heavy atom. The Morgan fingerprint density at radius 3 is 1.33 bits per heavy atom. The van der Waals surface area contributed by atoms with Crippen LogP contribution in [-0.4, -0.2) is 70.2 Å². The first-order valence-electron chi connectivity index (χ1n) is 26.0. The number of phenolic OH excluding ortho intramolecular Hbond substituents is 1. The molecule has 422 valence electrons. The molecule has 2 N–H and O–H groups in total. The van der Waals surface area contributed by atoms with Crippen molar-refractivity contribution in [3.63, 3.8) is 0 Å². The van der Waals surface area contributed by atoms with Crippen molar-refractivity contribution in [1.82, 2.24) is 20.0 Å². The highest BCUT2D eigenvalue weighted by Gasteiger charge is 2.21. The molecule has 0 unspecified atom stereocenters. The van der Waals surface area contributed by atoms with E-state index in [0.29, 0.717) is 39.0 Å². The molecule has 4 heterocycles. The van der Waals surface area contributed by atoms with Crippen LogP contribution in [0.4, 0.5) is 17.4 Å². The third kappa shape index (κ3) is 14.0. The van der Waals surface area contributed by atoms with Crippen molar-refractivity contribution in [2.24, 2.45) is 0 Å². The number of phenols is 1.